The maximum Gasteiger partial charge on any atom is 0.172 e. The van der Waals surface area contributed by atoms with Gasteiger partial charge in [-0.3, -0.25) is 0 Å². The Kier molecular flexibility index (Phi) is 3.41. The maximum absolute atomic E-state index is 8.96. The van der Waals surface area contributed by atoms with Gasteiger partial charge in [-0.15, -0.1) is 0 Å². The van der Waals surface area contributed by atoms with Gasteiger partial charge in [0.2, 0.25) is 0 Å². The zero-order valence-electron chi connectivity index (χ0n) is 12.4. The van der Waals surface area contributed by atoms with Crippen LogP contribution in [0.4, 0.5) is 0 Å². The Hall–Kier alpha value is -2.91. The molecule has 0 aliphatic carbocycles. The lowest BCUT2D eigenvalue weighted by molar-refractivity contribution is 0.227. The topological polar surface area (TPSA) is 75.2 Å². The van der Waals surface area contributed by atoms with E-state index in [-0.39, 0.29) is 6.10 Å². The van der Waals surface area contributed by atoms with E-state index >= 15 is 0 Å². The Labute approximate surface area is 133 Å². The first-order valence-corrected chi connectivity index (χ1v) is 7.51. The van der Waals surface area contributed by atoms with E-state index in [1.165, 1.54) is 11.8 Å². The lowest BCUT2D eigenvalue weighted by Gasteiger charge is -2.11. The molecule has 0 spiro atoms. The summed E-state index contributed by atoms with van der Waals surface area (Å²) in [5, 5.41) is 16.5. The summed E-state index contributed by atoms with van der Waals surface area (Å²) >= 11 is 0. The van der Waals surface area contributed by atoms with Gasteiger partial charge in [0.05, 0.1) is 6.20 Å². The van der Waals surface area contributed by atoms with Crippen molar-refractivity contribution in [1.82, 2.24) is 19.9 Å². The van der Waals surface area contributed by atoms with Gasteiger partial charge in [-0.1, -0.05) is 18.2 Å². The highest BCUT2D eigenvalue weighted by atomic mass is 16.5. The van der Waals surface area contributed by atoms with Crippen LogP contribution < -0.4 is 10.1 Å². The predicted octanol–water partition coefficient (Wildman–Crippen LogP) is 1.69. The van der Waals surface area contributed by atoms with E-state index in [2.05, 4.69) is 27.5 Å². The van der Waals surface area contributed by atoms with Crippen molar-refractivity contribution in [2.75, 3.05) is 6.54 Å². The SMILES string of the molecule is N#Cc1cnn2cc(CNC[C@@H]3Cc4ccccc4O3)cnc12. The maximum atomic E-state index is 8.96. The largest absolute Gasteiger partial charge is 0.488 e. The van der Waals surface area contributed by atoms with Crippen LogP contribution in [0.25, 0.3) is 5.65 Å². The quantitative estimate of drug-likeness (QED) is 0.794. The van der Waals surface area contributed by atoms with Crippen molar-refractivity contribution in [3.05, 3.63) is 59.5 Å². The molecule has 1 aromatic carbocycles. The second kappa shape index (κ2) is 5.71. The molecular formula is C17H15N5O. The molecule has 0 bridgehead atoms. The fraction of sp³-hybridized carbons (Fsp3) is 0.235. The summed E-state index contributed by atoms with van der Waals surface area (Å²) in [6.07, 6.45) is 6.29. The number of nitriles is 1. The summed E-state index contributed by atoms with van der Waals surface area (Å²) in [6, 6.07) is 10.2. The van der Waals surface area contributed by atoms with Crippen LogP contribution in [0.15, 0.2) is 42.9 Å². The molecule has 3 heterocycles. The van der Waals surface area contributed by atoms with Gasteiger partial charge in [-0.05, 0) is 11.6 Å². The molecule has 23 heavy (non-hydrogen) atoms. The van der Waals surface area contributed by atoms with Gasteiger partial charge in [0.15, 0.2) is 5.65 Å². The first-order valence-electron chi connectivity index (χ1n) is 7.51. The minimum Gasteiger partial charge on any atom is -0.488 e. The van der Waals surface area contributed by atoms with Crippen LogP contribution in [-0.4, -0.2) is 27.2 Å². The second-order valence-electron chi connectivity index (χ2n) is 5.58. The number of nitrogens with one attached hydrogen (secondary N) is 1. The lowest BCUT2D eigenvalue weighted by Crippen LogP contribution is -2.29. The highest BCUT2D eigenvalue weighted by Crippen LogP contribution is 2.27. The standard InChI is InChI=1S/C17H15N5O/c18-6-14-9-21-22-11-12(8-20-17(14)22)7-19-10-15-5-13-3-1-2-4-16(13)23-15/h1-4,8-9,11,15,19H,5,7,10H2/t15-/m0/s1. The highest BCUT2D eigenvalue weighted by Gasteiger charge is 2.21. The third-order valence-electron chi connectivity index (χ3n) is 3.95. The summed E-state index contributed by atoms with van der Waals surface area (Å²) in [6.45, 7) is 1.45. The third-order valence-corrected chi connectivity index (χ3v) is 3.95. The molecule has 0 saturated heterocycles. The van der Waals surface area contributed by atoms with Crippen molar-refractivity contribution in [1.29, 1.82) is 5.26 Å². The molecule has 2 aromatic heterocycles. The Morgan fingerprint density at radius 1 is 1.35 bits per heavy atom. The predicted molar refractivity (Wildman–Crippen MR) is 84.0 cm³/mol. The third kappa shape index (κ3) is 2.62. The normalized spacial score (nSPS) is 16.0. The van der Waals surface area contributed by atoms with Gasteiger partial charge in [0.25, 0.3) is 0 Å². The van der Waals surface area contributed by atoms with E-state index in [9.17, 15) is 0 Å². The molecule has 1 aliphatic heterocycles. The summed E-state index contributed by atoms with van der Waals surface area (Å²) in [5.74, 6) is 0.989. The van der Waals surface area contributed by atoms with Crippen molar-refractivity contribution in [3.8, 4) is 11.8 Å². The smallest absolute Gasteiger partial charge is 0.172 e. The zero-order chi connectivity index (χ0) is 15.6. The van der Waals surface area contributed by atoms with E-state index in [0.29, 0.717) is 17.8 Å². The van der Waals surface area contributed by atoms with E-state index in [0.717, 1.165) is 24.3 Å². The minimum atomic E-state index is 0.166. The average molecular weight is 305 g/mol. The number of ether oxygens (including phenoxy) is 1. The summed E-state index contributed by atoms with van der Waals surface area (Å²) in [4.78, 5) is 4.30. The van der Waals surface area contributed by atoms with Crippen LogP contribution in [0.3, 0.4) is 0 Å². The van der Waals surface area contributed by atoms with Crippen molar-refractivity contribution in [2.45, 2.75) is 19.1 Å². The molecular weight excluding hydrogens is 290 g/mol. The number of benzene rings is 1. The number of hydrogen-bond donors (Lipinski definition) is 1. The Morgan fingerprint density at radius 3 is 3.13 bits per heavy atom. The second-order valence-corrected chi connectivity index (χ2v) is 5.58. The number of aromatic nitrogens is 3. The Bertz CT molecular complexity index is 870. The summed E-state index contributed by atoms with van der Waals surface area (Å²) in [5.41, 5.74) is 3.36. The molecule has 0 amide bonds. The van der Waals surface area contributed by atoms with Gasteiger partial charge >= 0.3 is 0 Å². The number of fused-ring (bicyclic) bond motifs is 2. The first-order chi connectivity index (χ1) is 11.3. The number of nitrogens with zero attached hydrogens (tertiary/aromatic N) is 4. The fourth-order valence-electron chi connectivity index (χ4n) is 2.83. The van der Waals surface area contributed by atoms with Crippen LogP contribution in [-0.2, 0) is 13.0 Å². The van der Waals surface area contributed by atoms with E-state index < -0.39 is 0 Å². The molecule has 0 saturated carbocycles. The van der Waals surface area contributed by atoms with E-state index in [1.54, 1.807) is 10.7 Å². The van der Waals surface area contributed by atoms with Crippen molar-refractivity contribution >= 4 is 5.65 Å². The fourth-order valence-corrected chi connectivity index (χ4v) is 2.83. The summed E-state index contributed by atoms with van der Waals surface area (Å²) < 4.78 is 7.54. The molecule has 1 N–H and O–H groups in total. The molecule has 6 heteroatoms. The molecule has 0 radical (unpaired) electrons. The molecule has 0 unspecified atom stereocenters. The van der Waals surface area contributed by atoms with Crippen LogP contribution in [0, 0.1) is 11.3 Å². The molecule has 114 valence electrons. The van der Waals surface area contributed by atoms with Gasteiger partial charge in [-0.25, -0.2) is 9.50 Å². The van der Waals surface area contributed by atoms with Crippen molar-refractivity contribution in [2.24, 2.45) is 0 Å². The average Bonchev–Trinajstić information content (AvgIpc) is 3.17. The molecule has 1 atom stereocenters. The zero-order valence-corrected chi connectivity index (χ0v) is 12.4. The molecule has 3 aromatic rings. The number of para-hydroxylation sites is 1. The number of rotatable bonds is 4. The van der Waals surface area contributed by atoms with Crippen molar-refractivity contribution in [3.63, 3.8) is 0 Å². The van der Waals surface area contributed by atoms with Crippen LogP contribution in [0.1, 0.15) is 16.7 Å². The Morgan fingerprint density at radius 2 is 2.26 bits per heavy atom. The Balaban J connectivity index is 1.36. The van der Waals surface area contributed by atoms with E-state index in [1.807, 2.05) is 24.4 Å². The first kappa shape index (κ1) is 13.7. The molecule has 6 nitrogen and oxygen atoms in total. The molecule has 0 fully saturated rings. The van der Waals surface area contributed by atoms with Gasteiger partial charge in [-0.2, -0.15) is 10.4 Å². The summed E-state index contributed by atoms with van der Waals surface area (Å²) in [7, 11) is 0. The number of hydrogen-bond acceptors (Lipinski definition) is 5. The lowest BCUT2D eigenvalue weighted by atomic mass is 10.1. The van der Waals surface area contributed by atoms with Gasteiger partial charge < -0.3 is 10.1 Å². The van der Waals surface area contributed by atoms with E-state index in [4.69, 9.17) is 10.00 Å². The molecule has 1 aliphatic rings. The van der Waals surface area contributed by atoms with Crippen LogP contribution >= 0.6 is 0 Å². The van der Waals surface area contributed by atoms with Crippen molar-refractivity contribution < 1.29 is 4.74 Å². The monoisotopic (exact) mass is 305 g/mol. The highest BCUT2D eigenvalue weighted by molar-refractivity contribution is 5.53. The van der Waals surface area contributed by atoms with Gasteiger partial charge in [0, 0.05) is 37.5 Å². The van der Waals surface area contributed by atoms with Gasteiger partial charge in [0.1, 0.15) is 23.5 Å². The van der Waals surface area contributed by atoms with Crippen LogP contribution in [0.2, 0.25) is 0 Å². The van der Waals surface area contributed by atoms with Crippen LogP contribution in [0.5, 0.6) is 5.75 Å². The minimum absolute atomic E-state index is 0.166. The molecule has 4 rings (SSSR count).